The number of nitrogens with zero attached hydrogens (tertiary/aromatic N) is 4. The smallest absolute Gasteiger partial charge is 0.291 e. The molecule has 1 N–H and O–H groups in total. The summed E-state index contributed by atoms with van der Waals surface area (Å²) in [6.07, 6.45) is -0.506. The zero-order valence-corrected chi connectivity index (χ0v) is 13.8. The Hall–Kier alpha value is -1.90. The summed E-state index contributed by atoms with van der Waals surface area (Å²) in [4.78, 5) is 12.3. The minimum Gasteiger partial charge on any atom is -0.295 e. The number of amides is 1. The number of aromatic nitrogens is 4. The summed E-state index contributed by atoms with van der Waals surface area (Å²) in [6, 6.07) is 1.77. The highest BCUT2D eigenvalue weighted by Gasteiger charge is 2.32. The molecule has 0 bridgehead atoms. The van der Waals surface area contributed by atoms with Gasteiger partial charge in [-0.1, -0.05) is 11.3 Å². The second kappa shape index (κ2) is 5.63. The quantitative estimate of drug-likeness (QED) is 0.923. The summed E-state index contributed by atoms with van der Waals surface area (Å²) in [7, 11) is 0. The maximum atomic E-state index is 12.5. The summed E-state index contributed by atoms with van der Waals surface area (Å²) in [5, 5.41) is 13.4. The summed E-state index contributed by atoms with van der Waals surface area (Å²) in [5.74, 6) is -0.0258. The lowest BCUT2D eigenvalue weighted by atomic mass is 10.1. The molecule has 0 atom stereocenters. The van der Waals surface area contributed by atoms with Gasteiger partial charge in [0.05, 0.1) is 5.54 Å². The minimum absolute atomic E-state index is 0.0450. The largest absolute Gasteiger partial charge is 0.295 e. The van der Waals surface area contributed by atoms with Crippen molar-refractivity contribution in [2.45, 2.75) is 51.5 Å². The Morgan fingerprint density at radius 2 is 2.09 bits per heavy atom. The first-order valence-electron chi connectivity index (χ1n) is 7.29. The number of anilines is 1. The third-order valence-electron chi connectivity index (χ3n) is 3.45. The van der Waals surface area contributed by atoms with Gasteiger partial charge in [-0.2, -0.15) is 5.10 Å². The molecule has 1 aliphatic rings. The van der Waals surface area contributed by atoms with Crippen LogP contribution >= 0.6 is 11.3 Å². The maximum Gasteiger partial charge on any atom is 0.291 e. The highest BCUT2D eigenvalue weighted by molar-refractivity contribution is 7.15. The number of nitrogens with one attached hydrogen (secondary N) is 1. The molecule has 1 fully saturated rings. The van der Waals surface area contributed by atoms with Gasteiger partial charge in [-0.25, -0.2) is 8.78 Å². The van der Waals surface area contributed by atoms with Crippen LogP contribution in [-0.2, 0) is 5.54 Å². The van der Waals surface area contributed by atoms with Crippen LogP contribution in [0.5, 0.6) is 0 Å². The molecule has 2 aromatic heterocycles. The predicted molar refractivity (Wildman–Crippen MR) is 82.0 cm³/mol. The number of carbonyl (C=O) groups excluding carboxylic acids is 1. The van der Waals surface area contributed by atoms with E-state index in [-0.39, 0.29) is 16.4 Å². The second-order valence-electron chi connectivity index (χ2n) is 6.51. The van der Waals surface area contributed by atoms with Gasteiger partial charge in [0.15, 0.2) is 10.7 Å². The third-order valence-corrected chi connectivity index (χ3v) is 4.29. The van der Waals surface area contributed by atoms with Crippen LogP contribution in [0, 0.1) is 0 Å². The number of hydrogen-bond acceptors (Lipinski definition) is 5. The predicted octanol–water partition coefficient (Wildman–Crippen LogP) is 3.56. The molecule has 0 radical (unpaired) electrons. The standard InChI is InChI=1S/C14H17F2N5OS/c1-14(2,3)21-9(7-4-5-7)6-8(20-21)11(22)17-13-19-18-12(23-13)10(15)16/h6-7,10H,4-5H2,1-3H3,(H,17,19,22). The van der Waals surface area contributed by atoms with E-state index in [4.69, 9.17) is 0 Å². The van der Waals surface area contributed by atoms with Crippen LogP contribution in [-0.4, -0.2) is 25.9 Å². The van der Waals surface area contributed by atoms with Crippen LogP contribution in [0.25, 0.3) is 0 Å². The fourth-order valence-electron chi connectivity index (χ4n) is 2.25. The zero-order valence-electron chi connectivity index (χ0n) is 13.0. The van der Waals surface area contributed by atoms with Crippen molar-refractivity contribution < 1.29 is 13.6 Å². The van der Waals surface area contributed by atoms with Crippen molar-refractivity contribution in [3.63, 3.8) is 0 Å². The minimum atomic E-state index is -2.69. The molecule has 9 heteroatoms. The molecule has 6 nitrogen and oxygen atoms in total. The molecule has 1 amide bonds. The Labute approximate surface area is 135 Å². The van der Waals surface area contributed by atoms with Crippen molar-refractivity contribution in [3.05, 3.63) is 22.5 Å². The SMILES string of the molecule is CC(C)(C)n1nc(C(=O)Nc2nnc(C(F)F)s2)cc1C1CC1. The summed E-state index contributed by atoms with van der Waals surface area (Å²) in [6.45, 7) is 6.06. The molecule has 0 aromatic carbocycles. The Morgan fingerprint density at radius 3 is 2.61 bits per heavy atom. The van der Waals surface area contributed by atoms with E-state index in [2.05, 4.69) is 20.6 Å². The van der Waals surface area contributed by atoms with Crippen LogP contribution in [0.3, 0.4) is 0 Å². The Balaban J connectivity index is 1.81. The van der Waals surface area contributed by atoms with Gasteiger partial charge >= 0.3 is 0 Å². The monoisotopic (exact) mass is 341 g/mol. The van der Waals surface area contributed by atoms with Crippen molar-refractivity contribution in [2.75, 3.05) is 5.32 Å². The lowest BCUT2D eigenvalue weighted by molar-refractivity contribution is 0.102. The van der Waals surface area contributed by atoms with E-state index in [0.717, 1.165) is 18.5 Å². The molecule has 2 heterocycles. The van der Waals surface area contributed by atoms with Crippen LogP contribution < -0.4 is 5.32 Å². The molecule has 23 heavy (non-hydrogen) atoms. The molecular weight excluding hydrogens is 324 g/mol. The first-order chi connectivity index (χ1) is 10.8. The van der Waals surface area contributed by atoms with Gasteiger partial charge in [0.2, 0.25) is 5.13 Å². The van der Waals surface area contributed by atoms with E-state index in [1.54, 1.807) is 6.07 Å². The van der Waals surface area contributed by atoms with Crippen molar-refractivity contribution in [2.24, 2.45) is 0 Å². The molecule has 124 valence electrons. The molecule has 1 aliphatic carbocycles. The normalized spacial score (nSPS) is 15.2. The van der Waals surface area contributed by atoms with Gasteiger partial charge < -0.3 is 0 Å². The molecule has 0 unspecified atom stereocenters. The third kappa shape index (κ3) is 3.39. The Kier molecular flexibility index (Phi) is 3.91. The molecular formula is C14H17F2N5OS. The van der Waals surface area contributed by atoms with E-state index in [1.807, 2.05) is 25.5 Å². The Morgan fingerprint density at radius 1 is 1.39 bits per heavy atom. The average molecular weight is 341 g/mol. The molecule has 1 saturated carbocycles. The average Bonchev–Trinajstić information content (AvgIpc) is 3.01. The molecule has 3 rings (SSSR count). The van der Waals surface area contributed by atoms with E-state index in [1.165, 1.54) is 0 Å². The number of carbonyl (C=O) groups is 1. The van der Waals surface area contributed by atoms with Gasteiger partial charge in [-0.15, -0.1) is 10.2 Å². The van der Waals surface area contributed by atoms with Crippen LogP contribution in [0.15, 0.2) is 6.07 Å². The second-order valence-corrected chi connectivity index (χ2v) is 7.52. The van der Waals surface area contributed by atoms with Crippen molar-refractivity contribution in [3.8, 4) is 0 Å². The van der Waals surface area contributed by atoms with Crippen LogP contribution in [0.4, 0.5) is 13.9 Å². The topological polar surface area (TPSA) is 72.7 Å². The molecule has 0 spiro atoms. The first-order valence-corrected chi connectivity index (χ1v) is 8.10. The van der Waals surface area contributed by atoms with Gasteiger partial charge in [-0.05, 0) is 39.7 Å². The number of alkyl halides is 2. The van der Waals surface area contributed by atoms with Crippen molar-refractivity contribution >= 4 is 22.4 Å². The fraction of sp³-hybridized carbons (Fsp3) is 0.571. The van der Waals surface area contributed by atoms with E-state index in [9.17, 15) is 13.6 Å². The summed E-state index contributed by atoms with van der Waals surface area (Å²) in [5.41, 5.74) is 1.06. The van der Waals surface area contributed by atoms with Gasteiger partial charge in [0.1, 0.15) is 0 Å². The van der Waals surface area contributed by atoms with Crippen LogP contribution in [0.2, 0.25) is 0 Å². The van der Waals surface area contributed by atoms with E-state index in [0.29, 0.717) is 17.3 Å². The molecule has 0 saturated heterocycles. The van der Waals surface area contributed by atoms with Crippen LogP contribution in [0.1, 0.15) is 67.1 Å². The zero-order chi connectivity index (χ0) is 16.8. The lowest BCUT2D eigenvalue weighted by Crippen LogP contribution is -2.25. The number of hydrogen-bond donors (Lipinski definition) is 1. The highest BCUT2D eigenvalue weighted by Crippen LogP contribution is 2.41. The fourth-order valence-corrected chi connectivity index (χ4v) is 2.84. The molecule has 0 aliphatic heterocycles. The van der Waals surface area contributed by atoms with Crippen molar-refractivity contribution in [1.29, 1.82) is 0 Å². The number of rotatable bonds is 4. The Bertz CT molecular complexity index is 730. The van der Waals surface area contributed by atoms with Crippen molar-refractivity contribution in [1.82, 2.24) is 20.0 Å². The van der Waals surface area contributed by atoms with E-state index >= 15 is 0 Å². The summed E-state index contributed by atoms with van der Waals surface area (Å²) >= 11 is 0.660. The molecule has 2 aromatic rings. The van der Waals surface area contributed by atoms with Gasteiger partial charge in [-0.3, -0.25) is 14.8 Å². The van der Waals surface area contributed by atoms with E-state index < -0.39 is 17.3 Å². The lowest BCUT2D eigenvalue weighted by Gasteiger charge is -2.22. The number of halogens is 2. The maximum absolute atomic E-state index is 12.5. The first kappa shape index (κ1) is 16.0. The summed E-state index contributed by atoms with van der Waals surface area (Å²) < 4.78 is 26.9. The van der Waals surface area contributed by atoms with Gasteiger partial charge in [0, 0.05) is 11.6 Å². The van der Waals surface area contributed by atoms with Gasteiger partial charge in [0.25, 0.3) is 12.3 Å². The highest BCUT2D eigenvalue weighted by atomic mass is 32.1.